The fraction of sp³-hybridized carbons (Fsp3) is 0.182. The van der Waals surface area contributed by atoms with E-state index < -0.39 is 0 Å². The fourth-order valence-electron chi connectivity index (χ4n) is 1.48. The van der Waals surface area contributed by atoms with E-state index in [1.54, 1.807) is 19.2 Å². The maximum Gasteiger partial charge on any atom is 0.177 e. The molecule has 14 heavy (non-hydrogen) atoms. The van der Waals surface area contributed by atoms with Gasteiger partial charge in [0.05, 0.1) is 18.7 Å². The molecule has 0 amide bonds. The number of nitriles is 1. The number of ether oxygens (including phenoxy) is 1. The summed E-state index contributed by atoms with van der Waals surface area (Å²) < 4.78 is 10.6. The zero-order valence-corrected chi connectivity index (χ0v) is 8.00. The average Bonchev–Trinajstić information content (AvgIpc) is 2.57. The van der Waals surface area contributed by atoms with E-state index in [-0.39, 0.29) is 0 Å². The molecule has 3 nitrogen and oxygen atoms in total. The second-order valence-corrected chi connectivity index (χ2v) is 3.03. The lowest BCUT2D eigenvalue weighted by molar-refractivity contribution is 0.408. The summed E-state index contributed by atoms with van der Waals surface area (Å²) in [7, 11) is 1.58. The minimum Gasteiger partial charge on any atom is -0.493 e. The highest BCUT2D eigenvalue weighted by Gasteiger charge is 2.10. The van der Waals surface area contributed by atoms with Crippen LogP contribution in [-0.2, 0) is 0 Å². The summed E-state index contributed by atoms with van der Waals surface area (Å²) >= 11 is 0. The van der Waals surface area contributed by atoms with E-state index in [1.807, 2.05) is 13.0 Å². The number of aryl methyl sites for hydroxylation is 1. The molecular formula is C11H9NO2. The van der Waals surface area contributed by atoms with Crippen molar-refractivity contribution in [3.8, 4) is 11.8 Å². The van der Waals surface area contributed by atoms with Crippen LogP contribution in [0, 0.1) is 18.3 Å². The second-order valence-electron chi connectivity index (χ2n) is 3.03. The molecular weight excluding hydrogens is 178 g/mol. The highest BCUT2D eigenvalue weighted by Crippen LogP contribution is 2.30. The molecule has 3 heteroatoms. The topological polar surface area (TPSA) is 46.2 Å². The minimum absolute atomic E-state index is 0.609. The van der Waals surface area contributed by atoms with Crippen molar-refractivity contribution in [1.29, 1.82) is 5.26 Å². The minimum atomic E-state index is 0.609. The first-order valence-electron chi connectivity index (χ1n) is 4.23. The van der Waals surface area contributed by atoms with Crippen LogP contribution in [0.25, 0.3) is 11.0 Å². The Kier molecular flexibility index (Phi) is 1.90. The van der Waals surface area contributed by atoms with Gasteiger partial charge in [0.15, 0.2) is 11.3 Å². The van der Waals surface area contributed by atoms with Gasteiger partial charge in [-0.3, -0.25) is 0 Å². The van der Waals surface area contributed by atoms with E-state index in [0.29, 0.717) is 16.9 Å². The summed E-state index contributed by atoms with van der Waals surface area (Å²) in [6, 6.07) is 7.43. The Bertz CT molecular complexity index is 520. The van der Waals surface area contributed by atoms with Crippen LogP contribution in [0.15, 0.2) is 22.6 Å². The van der Waals surface area contributed by atoms with Gasteiger partial charge in [-0.15, -0.1) is 0 Å². The predicted octanol–water partition coefficient (Wildman–Crippen LogP) is 2.62. The molecule has 0 aliphatic heterocycles. The molecule has 0 aliphatic rings. The first-order chi connectivity index (χ1) is 6.76. The number of benzene rings is 1. The average molecular weight is 187 g/mol. The molecule has 0 aliphatic carbocycles. The van der Waals surface area contributed by atoms with Crippen LogP contribution in [0.2, 0.25) is 0 Å². The van der Waals surface area contributed by atoms with Gasteiger partial charge in [0.25, 0.3) is 0 Å². The maximum atomic E-state index is 8.88. The lowest BCUT2D eigenvalue weighted by Crippen LogP contribution is -1.84. The third-order valence-corrected chi connectivity index (χ3v) is 2.11. The van der Waals surface area contributed by atoms with E-state index in [2.05, 4.69) is 6.07 Å². The molecule has 0 bridgehead atoms. The maximum absolute atomic E-state index is 8.88. The van der Waals surface area contributed by atoms with Gasteiger partial charge in [0.2, 0.25) is 0 Å². The summed E-state index contributed by atoms with van der Waals surface area (Å²) in [6.07, 6.45) is 0. The molecule has 0 fully saturated rings. The van der Waals surface area contributed by atoms with E-state index in [4.69, 9.17) is 14.4 Å². The van der Waals surface area contributed by atoms with Crippen molar-refractivity contribution >= 4 is 11.0 Å². The van der Waals surface area contributed by atoms with Gasteiger partial charge in [-0.1, -0.05) is 0 Å². The zero-order valence-electron chi connectivity index (χ0n) is 8.00. The van der Waals surface area contributed by atoms with E-state index in [0.717, 1.165) is 11.1 Å². The smallest absolute Gasteiger partial charge is 0.177 e. The summed E-state index contributed by atoms with van der Waals surface area (Å²) in [6.45, 7) is 1.85. The molecule has 0 saturated carbocycles. The van der Waals surface area contributed by atoms with Crippen molar-refractivity contribution < 1.29 is 9.15 Å². The first kappa shape index (κ1) is 8.64. The standard InChI is InChI=1S/C11H9NO2/c1-7-5-9-8(6-12)3-4-10(13-2)11(9)14-7/h3-5H,1-2H3. The molecule has 0 spiro atoms. The van der Waals surface area contributed by atoms with Gasteiger partial charge in [0, 0.05) is 5.39 Å². The number of hydrogen-bond acceptors (Lipinski definition) is 3. The SMILES string of the molecule is COc1ccc(C#N)c2cc(C)oc12. The van der Waals surface area contributed by atoms with E-state index >= 15 is 0 Å². The molecule has 0 N–H and O–H groups in total. The summed E-state index contributed by atoms with van der Waals surface area (Å²) in [4.78, 5) is 0. The summed E-state index contributed by atoms with van der Waals surface area (Å²) in [5.41, 5.74) is 1.25. The summed E-state index contributed by atoms with van der Waals surface area (Å²) in [5.74, 6) is 1.44. The van der Waals surface area contributed by atoms with Gasteiger partial charge in [-0.2, -0.15) is 5.26 Å². The van der Waals surface area contributed by atoms with Crippen molar-refractivity contribution in [2.45, 2.75) is 6.92 Å². The number of hydrogen-bond donors (Lipinski definition) is 0. The number of furan rings is 1. The van der Waals surface area contributed by atoms with Crippen molar-refractivity contribution in [2.24, 2.45) is 0 Å². The van der Waals surface area contributed by atoms with Crippen LogP contribution in [-0.4, -0.2) is 7.11 Å². The summed E-state index contributed by atoms with van der Waals surface area (Å²) in [5, 5.41) is 9.69. The Morgan fingerprint density at radius 1 is 1.43 bits per heavy atom. The van der Waals surface area contributed by atoms with Crippen molar-refractivity contribution in [1.82, 2.24) is 0 Å². The lowest BCUT2D eigenvalue weighted by atomic mass is 10.1. The first-order valence-corrected chi connectivity index (χ1v) is 4.23. The van der Waals surface area contributed by atoms with Crippen LogP contribution in [0.1, 0.15) is 11.3 Å². The van der Waals surface area contributed by atoms with E-state index in [1.165, 1.54) is 0 Å². The van der Waals surface area contributed by atoms with Crippen LogP contribution >= 0.6 is 0 Å². The lowest BCUT2D eigenvalue weighted by Gasteiger charge is -2.00. The Labute approximate surface area is 81.5 Å². The van der Waals surface area contributed by atoms with Crippen molar-refractivity contribution in [2.75, 3.05) is 7.11 Å². The molecule has 1 heterocycles. The van der Waals surface area contributed by atoms with Gasteiger partial charge in [0.1, 0.15) is 5.76 Å². The Balaban J connectivity index is 2.86. The molecule has 1 aromatic heterocycles. The van der Waals surface area contributed by atoms with Gasteiger partial charge in [-0.05, 0) is 25.1 Å². The predicted molar refractivity (Wildman–Crippen MR) is 52.2 cm³/mol. The zero-order chi connectivity index (χ0) is 10.1. The van der Waals surface area contributed by atoms with Crippen molar-refractivity contribution in [3.63, 3.8) is 0 Å². The molecule has 2 rings (SSSR count). The second kappa shape index (κ2) is 3.08. The Hall–Kier alpha value is -1.95. The monoisotopic (exact) mass is 187 g/mol. The number of rotatable bonds is 1. The third-order valence-electron chi connectivity index (χ3n) is 2.11. The third kappa shape index (κ3) is 1.12. The van der Waals surface area contributed by atoms with Gasteiger partial charge >= 0.3 is 0 Å². The van der Waals surface area contributed by atoms with E-state index in [9.17, 15) is 0 Å². The van der Waals surface area contributed by atoms with Crippen LogP contribution in [0.4, 0.5) is 0 Å². The normalized spacial score (nSPS) is 10.1. The molecule has 0 saturated heterocycles. The molecule has 70 valence electrons. The molecule has 0 radical (unpaired) electrons. The molecule has 1 aromatic carbocycles. The van der Waals surface area contributed by atoms with Crippen molar-refractivity contribution in [3.05, 3.63) is 29.5 Å². The van der Waals surface area contributed by atoms with Gasteiger partial charge in [-0.25, -0.2) is 0 Å². The number of nitrogens with zero attached hydrogens (tertiary/aromatic N) is 1. The van der Waals surface area contributed by atoms with Crippen LogP contribution in [0.3, 0.4) is 0 Å². The molecule has 0 atom stereocenters. The van der Waals surface area contributed by atoms with Crippen LogP contribution in [0.5, 0.6) is 5.75 Å². The quantitative estimate of drug-likeness (QED) is 0.689. The Morgan fingerprint density at radius 2 is 2.21 bits per heavy atom. The number of fused-ring (bicyclic) bond motifs is 1. The molecule has 0 unspecified atom stereocenters. The largest absolute Gasteiger partial charge is 0.493 e. The van der Waals surface area contributed by atoms with Crippen LogP contribution < -0.4 is 4.74 Å². The highest BCUT2D eigenvalue weighted by atomic mass is 16.5. The highest BCUT2D eigenvalue weighted by molar-refractivity contribution is 5.88. The molecule has 2 aromatic rings. The number of methoxy groups -OCH3 is 1. The van der Waals surface area contributed by atoms with Gasteiger partial charge < -0.3 is 9.15 Å². The Morgan fingerprint density at radius 3 is 2.86 bits per heavy atom. The fourth-order valence-corrected chi connectivity index (χ4v) is 1.48.